The summed E-state index contributed by atoms with van der Waals surface area (Å²) in [6.07, 6.45) is 2.60. The molecule has 3 N–H and O–H groups in total. The van der Waals surface area contributed by atoms with Crippen LogP contribution in [0, 0.1) is 11.3 Å². The van der Waals surface area contributed by atoms with Gasteiger partial charge in [-0.3, -0.25) is 0 Å². The Morgan fingerprint density at radius 2 is 1.79 bits per heavy atom. The van der Waals surface area contributed by atoms with Crippen molar-refractivity contribution in [3.05, 3.63) is 52.6 Å². The summed E-state index contributed by atoms with van der Waals surface area (Å²) in [6.45, 7) is 5.94. The Labute approximate surface area is 196 Å². The first kappa shape index (κ1) is 26.8. The lowest BCUT2D eigenvalue weighted by molar-refractivity contribution is 0.402. The SMILES string of the molecule is CCCCc1cc(C(C)C)cc(S(N)(=O)=O)c1CCNS(=O)(=O)c1cc(C#N)ccc1OC. The topological polar surface area (TPSA) is 139 Å². The molecule has 0 bridgehead atoms. The van der Waals surface area contributed by atoms with E-state index in [2.05, 4.69) is 4.72 Å². The molecule has 0 unspecified atom stereocenters. The van der Waals surface area contributed by atoms with Crippen LogP contribution in [0.4, 0.5) is 0 Å². The van der Waals surface area contributed by atoms with Gasteiger partial charge in [0.05, 0.1) is 23.6 Å². The molecule has 0 spiro atoms. The van der Waals surface area contributed by atoms with E-state index < -0.39 is 20.0 Å². The summed E-state index contributed by atoms with van der Waals surface area (Å²) < 4.78 is 58.2. The van der Waals surface area contributed by atoms with Crippen LogP contribution in [0.1, 0.15) is 61.8 Å². The molecule has 10 heteroatoms. The molecule has 33 heavy (non-hydrogen) atoms. The number of hydrogen-bond donors (Lipinski definition) is 2. The third-order valence-corrected chi connectivity index (χ3v) is 7.81. The van der Waals surface area contributed by atoms with Gasteiger partial charge in [0.25, 0.3) is 0 Å². The lowest BCUT2D eigenvalue weighted by Crippen LogP contribution is -2.27. The monoisotopic (exact) mass is 493 g/mol. The van der Waals surface area contributed by atoms with Crippen molar-refractivity contribution in [2.45, 2.75) is 62.2 Å². The number of nitrogens with one attached hydrogen (secondary N) is 1. The summed E-state index contributed by atoms with van der Waals surface area (Å²) in [4.78, 5) is -0.125. The molecule has 0 aliphatic heterocycles. The van der Waals surface area contributed by atoms with Crippen molar-refractivity contribution >= 4 is 20.0 Å². The Kier molecular flexibility index (Phi) is 9.03. The molecule has 0 radical (unpaired) electrons. The van der Waals surface area contributed by atoms with E-state index in [4.69, 9.17) is 15.1 Å². The van der Waals surface area contributed by atoms with Crippen molar-refractivity contribution in [3.8, 4) is 11.8 Å². The maximum atomic E-state index is 12.9. The number of benzene rings is 2. The van der Waals surface area contributed by atoms with Crippen LogP contribution in [0.3, 0.4) is 0 Å². The Hall–Kier alpha value is -2.45. The van der Waals surface area contributed by atoms with Crippen LogP contribution in [0.2, 0.25) is 0 Å². The maximum Gasteiger partial charge on any atom is 0.244 e. The van der Waals surface area contributed by atoms with Crippen molar-refractivity contribution in [1.29, 1.82) is 5.26 Å². The number of aryl methyl sites for hydroxylation is 1. The van der Waals surface area contributed by atoms with Crippen LogP contribution in [0.25, 0.3) is 0 Å². The van der Waals surface area contributed by atoms with Gasteiger partial charge >= 0.3 is 0 Å². The van der Waals surface area contributed by atoms with E-state index in [1.807, 2.05) is 32.9 Å². The normalized spacial score (nSPS) is 12.0. The minimum absolute atomic E-state index is 0.0306. The number of primary sulfonamides is 1. The predicted molar refractivity (Wildman–Crippen MR) is 127 cm³/mol. The van der Waals surface area contributed by atoms with Crippen molar-refractivity contribution in [1.82, 2.24) is 4.72 Å². The largest absolute Gasteiger partial charge is 0.495 e. The molecule has 0 saturated carbocycles. The van der Waals surface area contributed by atoms with E-state index in [0.717, 1.165) is 24.0 Å². The highest BCUT2D eigenvalue weighted by atomic mass is 32.2. The minimum atomic E-state index is -4.01. The van der Waals surface area contributed by atoms with Gasteiger partial charge in [-0.25, -0.2) is 26.7 Å². The molecule has 0 fully saturated rings. The predicted octanol–water partition coefficient (Wildman–Crippen LogP) is 3.20. The van der Waals surface area contributed by atoms with Crippen LogP contribution in [-0.4, -0.2) is 30.5 Å². The quantitative estimate of drug-likeness (QED) is 0.493. The third kappa shape index (κ3) is 6.77. The van der Waals surface area contributed by atoms with Crippen LogP contribution >= 0.6 is 0 Å². The number of nitriles is 1. The van der Waals surface area contributed by atoms with Gasteiger partial charge in [-0.15, -0.1) is 0 Å². The average molecular weight is 494 g/mol. The fraction of sp³-hybridized carbons (Fsp3) is 0.435. The van der Waals surface area contributed by atoms with Crippen LogP contribution < -0.4 is 14.6 Å². The molecule has 8 nitrogen and oxygen atoms in total. The molecular formula is C23H31N3O5S2. The van der Waals surface area contributed by atoms with Gasteiger partial charge in [-0.2, -0.15) is 5.26 Å². The van der Waals surface area contributed by atoms with E-state index in [0.29, 0.717) is 12.0 Å². The zero-order valence-electron chi connectivity index (χ0n) is 19.4. The Balaban J connectivity index is 2.42. The molecule has 0 atom stereocenters. The van der Waals surface area contributed by atoms with Gasteiger partial charge in [0.2, 0.25) is 20.0 Å². The van der Waals surface area contributed by atoms with Crippen molar-refractivity contribution < 1.29 is 21.6 Å². The summed E-state index contributed by atoms with van der Waals surface area (Å²) in [5, 5.41) is 14.6. The smallest absolute Gasteiger partial charge is 0.244 e. The second-order valence-electron chi connectivity index (χ2n) is 8.09. The number of nitrogens with two attached hydrogens (primary N) is 1. The Bertz CT molecular complexity index is 1250. The van der Waals surface area contributed by atoms with E-state index in [1.165, 1.54) is 25.3 Å². The number of methoxy groups -OCH3 is 1. The number of nitrogens with zero attached hydrogens (tertiary/aromatic N) is 1. The van der Waals surface area contributed by atoms with Crippen molar-refractivity contribution in [2.24, 2.45) is 5.14 Å². The summed E-state index contributed by atoms with van der Waals surface area (Å²) in [5.41, 5.74) is 2.43. The highest BCUT2D eigenvalue weighted by Crippen LogP contribution is 2.28. The number of unbranched alkanes of at least 4 members (excludes halogenated alkanes) is 1. The van der Waals surface area contributed by atoms with Crippen LogP contribution in [0.15, 0.2) is 40.1 Å². The second kappa shape index (κ2) is 11.1. The highest BCUT2D eigenvalue weighted by Gasteiger charge is 2.23. The lowest BCUT2D eigenvalue weighted by Gasteiger charge is -2.18. The standard InChI is InChI=1S/C23H31N3O5S2/c1-5-6-7-18-13-19(16(2)3)14-22(32(25,27)28)20(18)10-11-26-33(29,30)23-12-17(15-24)8-9-21(23)31-4/h8-9,12-14,16,26H,5-7,10-11H2,1-4H3,(H2,25,27,28). The minimum Gasteiger partial charge on any atom is -0.495 e. The number of hydrogen-bond acceptors (Lipinski definition) is 6. The fourth-order valence-corrected chi connectivity index (χ4v) is 5.63. The summed E-state index contributed by atoms with van der Waals surface area (Å²) in [5.74, 6) is 0.218. The molecule has 0 heterocycles. The molecular weight excluding hydrogens is 462 g/mol. The van der Waals surface area contributed by atoms with Gasteiger partial charge in [0.1, 0.15) is 10.6 Å². The van der Waals surface area contributed by atoms with Crippen LogP contribution in [-0.2, 0) is 32.9 Å². The average Bonchev–Trinajstić information content (AvgIpc) is 2.76. The Morgan fingerprint density at radius 1 is 1.09 bits per heavy atom. The van der Waals surface area contributed by atoms with Crippen molar-refractivity contribution in [3.63, 3.8) is 0 Å². The molecule has 0 aliphatic carbocycles. The summed E-state index contributed by atoms with van der Waals surface area (Å²) >= 11 is 0. The van der Waals surface area contributed by atoms with Gasteiger partial charge < -0.3 is 4.74 Å². The fourth-order valence-electron chi connectivity index (χ4n) is 3.53. The lowest BCUT2D eigenvalue weighted by atomic mass is 9.93. The summed E-state index contributed by atoms with van der Waals surface area (Å²) in [7, 11) is -6.68. The van der Waals surface area contributed by atoms with E-state index in [-0.39, 0.29) is 40.0 Å². The first-order chi connectivity index (χ1) is 15.4. The highest BCUT2D eigenvalue weighted by molar-refractivity contribution is 7.89. The molecule has 0 saturated heterocycles. The first-order valence-corrected chi connectivity index (χ1v) is 13.7. The molecule has 180 valence electrons. The Morgan fingerprint density at radius 3 is 2.33 bits per heavy atom. The van der Waals surface area contributed by atoms with Crippen LogP contribution in [0.5, 0.6) is 5.75 Å². The van der Waals surface area contributed by atoms with Gasteiger partial charge in [0, 0.05) is 6.54 Å². The molecule has 0 aromatic heterocycles. The number of sulfonamides is 2. The maximum absolute atomic E-state index is 12.9. The zero-order chi connectivity index (χ0) is 24.8. The molecule has 0 aliphatic rings. The molecule has 2 aromatic carbocycles. The molecule has 0 amide bonds. The molecule has 2 rings (SSSR count). The van der Waals surface area contributed by atoms with Crippen molar-refractivity contribution in [2.75, 3.05) is 13.7 Å². The van der Waals surface area contributed by atoms with E-state index >= 15 is 0 Å². The number of ether oxygens (including phenoxy) is 1. The summed E-state index contributed by atoms with van der Waals surface area (Å²) in [6, 6.07) is 9.59. The number of rotatable bonds is 11. The van der Waals surface area contributed by atoms with Gasteiger partial charge in [-0.05, 0) is 66.1 Å². The van der Waals surface area contributed by atoms with Gasteiger partial charge in [0.15, 0.2) is 0 Å². The first-order valence-electron chi connectivity index (χ1n) is 10.7. The molecule has 2 aromatic rings. The van der Waals surface area contributed by atoms with E-state index in [1.54, 1.807) is 6.07 Å². The van der Waals surface area contributed by atoms with E-state index in [9.17, 15) is 16.8 Å². The third-order valence-electron chi connectivity index (χ3n) is 5.35. The van der Waals surface area contributed by atoms with Gasteiger partial charge in [-0.1, -0.05) is 33.3 Å². The second-order valence-corrected chi connectivity index (χ2v) is 11.4. The zero-order valence-corrected chi connectivity index (χ0v) is 21.0.